The fourth-order valence-electron chi connectivity index (χ4n) is 3.67. The number of halogens is 1. The molecule has 1 heterocycles. The van der Waals surface area contributed by atoms with Crippen molar-refractivity contribution in [2.45, 2.75) is 18.7 Å². The van der Waals surface area contributed by atoms with Crippen LogP contribution in [-0.4, -0.2) is 51.3 Å². The van der Waals surface area contributed by atoms with Crippen molar-refractivity contribution >= 4 is 67.1 Å². The molecule has 0 amide bonds. The molecule has 0 fully saturated rings. The largest absolute Gasteiger partial charge is 0.507 e. The number of rotatable bonds is 8. The minimum atomic E-state index is -4.75. The van der Waals surface area contributed by atoms with Crippen LogP contribution in [0.4, 0.5) is 34.6 Å². The highest BCUT2D eigenvalue weighted by atomic mass is 35.5. The third kappa shape index (κ3) is 5.89. The summed E-state index contributed by atoms with van der Waals surface area (Å²) in [7, 11) is -4.75. The number of fused-ring (bicyclic) bond motifs is 1. The van der Waals surface area contributed by atoms with Gasteiger partial charge >= 0.3 is 0 Å². The maximum Gasteiger partial charge on any atom is 0.296 e. The summed E-state index contributed by atoms with van der Waals surface area (Å²) in [5.74, 6) is 0.00771. The molecule has 0 bridgehead atoms. The van der Waals surface area contributed by atoms with Gasteiger partial charge in [-0.3, -0.25) is 4.55 Å². The number of nitrogen functional groups attached to an aromatic ring is 1. The number of aliphatic hydroxyl groups is 1. The monoisotopic (exact) mass is 558 g/mol. The second kappa shape index (κ2) is 10.7. The molecule has 0 unspecified atom stereocenters. The van der Waals surface area contributed by atoms with E-state index in [1.807, 2.05) is 13.0 Å². The van der Waals surface area contributed by atoms with Crippen LogP contribution in [0.25, 0.3) is 10.8 Å². The lowest BCUT2D eigenvalue weighted by Crippen LogP contribution is -2.10. The standard InChI is InChI=1S/C23H23ClN8O5S/c1-11-7-13-9-12(2)19(25)20(18(13)16(34)8-11)32-31-15-4-3-14(10-17(15)38(35,36)37)27-23-29-21(24)28-22(30-23)26-5-6-33/h3-4,7-10,33-34H,5-6,25H2,1-2H3,(H,35,36,37)(H2,26,27,28,29,30). The van der Waals surface area contributed by atoms with Gasteiger partial charge in [-0.1, -0.05) is 6.07 Å². The second-order valence-corrected chi connectivity index (χ2v) is 9.95. The van der Waals surface area contributed by atoms with E-state index < -0.39 is 15.0 Å². The van der Waals surface area contributed by atoms with Gasteiger partial charge in [0, 0.05) is 12.2 Å². The summed E-state index contributed by atoms with van der Waals surface area (Å²) < 4.78 is 34.2. The number of nitrogens with zero attached hydrogens (tertiary/aromatic N) is 5. The first-order valence-electron chi connectivity index (χ1n) is 11.1. The Balaban J connectivity index is 1.75. The number of aromatic nitrogens is 3. The molecule has 0 saturated carbocycles. The van der Waals surface area contributed by atoms with Crippen molar-refractivity contribution in [1.82, 2.24) is 15.0 Å². The van der Waals surface area contributed by atoms with Crippen LogP contribution in [0.1, 0.15) is 11.1 Å². The van der Waals surface area contributed by atoms with Crippen LogP contribution in [0, 0.1) is 13.8 Å². The van der Waals surface area contributed by atoms with E-state index in [0.717, 1.165) is 11.6 Å². The number of hydrogen-bond donors (Lipinski definition) is 6. The number of nitrogens with one attached hydrogen (secondary N) is 2. The summed E-state index contributed by atoms with van der Waals surface area (Å²) >= 11 is 5.91. The van der Waals surface area contributed by atoms with Crippen molar-refractivity contribution in [3.8, 4) is 5.75 Å². The normalized spacial score (nSPS) is 11.8. The molecule has 0 aliphatic heterocycles. The maximum absolute atomic E-state index is 12.2. The fraction of sp³-hybridized carbons (Fsp3) is 0.174. The Kier molecular flexibility index (Phi) is 7.59. The Morgan fingerprint density at radius 3 is 2.50 bits per heavy atom. The summed E-state index contributed by atoms with van der Waals surface area (Å²) in [5.41, 5.74) is 8.14. The molecule has 15 heteroatoms. The Morgan fingerprint density at radius 2 is 1.79 bits per heavy atom. The number of phenolic OH excluding ortho intramolecular Hbond substituents is 1. The first-order chi connectivity index (χ1) is 18.0. The van der Waals surface area contributed by atoms with Gasteiger partial charge in [0.05, 0.1) is 17.7 Å². The van der Waals surface area contributed by atoms with Gasteiger partial charge in [0.15, 0.2) is 0 Å². The number of azo groups is 1. The summed E-state index contributed by atoms with van der Waals surface area (Å²) in [6, 6.07) is 9.08. The van der Waals surface area contributed by atoms with Crippen molar-refractivity contribution in [1.29, 1.82) is 0 Å². The van der Waals surface area contributed by atoms with Crippen LogP contribution in [0.3, 0.4) is 0 Å². The molecule has 38 heavy (non-hydrogen) atoms. The Morgan fingerprint density at radius 1 is 1.05 bits per heavy atom. The smallest absolute Gasteiger partial charge is 0.296 e. The molecule has 0 spiro atoms. The molecule has 4 rings (SSSR count). The number of aryl methyl sites for hydroxylation is 2. The molecule has 0 radical (unpaired) electrons. The van der Waals surface area contributed by atoms with Crippen LogP contribution in [0.2, 0.25) is 5.28 Å². The highest BCUT2D eigenvalue weighted by molar-refractivity contribution is 7.86. The van der Waals surface area contributed by atoms with Crippen LogP contribution in [-0.2, 0) is 10.1 Å². The first kappa shape index (κ1) is 26.9. The maximum atomic E-state index is 12.2. The molecule has 198 valence electrons. The molecule has 1 aromatic heterocycles. The average Bonchev–Trinajstić information content (AvgIpc) is 2.82. The van der Waals surface area contributed by atoms with E-state index in [1.165, 1.54) is 12.1 Å². The number of hydrogen-bond acceptors (Lipinski definition) is 12. The van der Waals surface area contributed by atoms with Crippen LogP contribution >= 0.6 is 11.6 Å². The zero-order valence-corrected chi connectivity index (χ0v) is 21.7. The SMILES string of the molecule is Cc1cc(O)c2c(N=Nc3ccc(Nc4nc(Cl)nc(NCCO)n4)cc3S(=O)(=O)O)c(N)c(C)cc2c1. The molecule has 3 aromatic carbocycles. The summed E-state index contributed by atoms with van der Waals surface area (Å²) in [6.07, 6.45) is 0. The van der Waals surface area contributed by atoms with Gasteiger partial charge in [0.25, 0.3) is 10.1 Å². The van der Waals surface area contributed by atoms with E-state index in [1.54, 1.807) is 19.1 Å². The van der Waals surface area contributed by atoms with E-state index >= 15 is 0 Å². The van der Waals surface area contributed by atoms with E-state index in [4.69, 9.17) is 22.4 Å². The molecule has 0 aliphatic carbocycles. The Labute approximate surface area is 222 Å². The van der Waals surface area contributed by atoms with Crippen molar-refractivity contribution in [2.24, 2.45) is 10.2 Å². The molecule has 13 nitrogen and oxygen atoms in total. The molecule has 4 aromatic rings. The molecular formula is C23H23ClN8O5S. The first-order valence-corrected chi connectivity index (χ1v) is 12.9. The van der Waals surface area contributed by atoms with Crippen molar-refractivity contribution in [3.63, 3.8) is 0 Å². The van der Waals surface area contributed by atoms with E-state index in [0.29, 0.717) is 16.3 Å². The zero-order valence-electron chi connectivity index (χ0n) is 20.1. The van der Waals surface area contributed by atoms with E-state index in [9.17, 15) is 18.1 Å². The Hall–Kier alpha value is -4.11. The second-order valence-electron chi connectivity index (χ2n) is 8.22. The van der Waals surface area contributed by atoms with Gasteiger partial charge in [-0.2, -0.15) is 23.4 Å². The third-order valence-corrected chi connectivity index (χ3v) is 6.39. The predicted molar refractivity (Wildman–Crippen MR) is 144 cm³/mol. The molecule has 0 saturated heterocycles. The minimum absolute atomic E-state index is 0.0223. The van der Waals surface area contributed by atoms with Gasteiger partial charge in [-0.15, -0.1) is 10.2 Å². The highest BCUT2D eigenvalue weighted by Crippen LogP contribution is 2.42. The fourth-order valence-corrected chi connectivity index (χ4v) is 4.48. The predicted octanol–water partition coefficient (Wildman–Crippen LogP) is 4.39. The number of nitrogens with two attached hydrogens (primary N) is 1. The summed E-state index contributed by atoms with van der Waals surface area (Å²) in [6.45, 7) is 3.61. The lowest BCUT2D eigenvalue weighted by Gasteiger charge is -2.12. The number of aliphatic hydroxyl groups excluding tert-OH is 1. The van der Waals surface area contributed by atoms with E-state index in [-0.39, 0.29) is 58.8 Å². The summed E-state index contributed by atoms with van der Waals surface area (Å²) in [5, 5.41) is 34.1. The van der Waals surface area contributed by atoms with Crippen LogP contribution in [0.5, 0.6) is 5.75 Å². The van der Waals surface area contributed by atoms with Gasteiger partial charge in [0.1, 0.15) is 22.0 Å². The topological polar surface area (TPSA) is 208 Å². The number of anilines is 4. The molecule has 0 atom stereocenters. The summed E-state index contributed by atoms with van der Waals surface area (Å²) in [4.78, 5) is 11.3. The molecular weight excluding hydrogens is 536 g/mol. The van der Waals surface area contributed by atoms with Crippen molar-refractivity contribution in [3.05, 3.63) is 52.8 Å². The van der Waals surface area contributed by atoms with Crippen molar-refractivity contribution < 1.29 is 23.2 Å². The van der Waals surface area contributed by atoms with E-state index in [2.05, 4.69) is 35.8 Å². The van der Waals surface area contributed by atoms with Gasteiger partial charge in [-0.25, -0.2) is 0 Å². The quantitative estimate of drug-likeness (QED) is 0.101. The minimum Gasteiger partial charge on any atom is -0.507 e. The van der Waals surface area contributed by atoms with Gasteiger partial charge in [0.2, 0.25) is 17.2 Å². The lowest BCUT2D eigenvalue weighted by molar-refractivity contribution is 0.311. The lowest BCUT2D eigenvalue weighted by atomic mass is 10.0. The Bertz CT molecular complexity index is 1680. The zero-order chi connectivity index (χ0) is 27.6. The third-order valence-electron chi connectivity index (χ3n) is 5.34. The van der Waals surface area contributed by atoms with Gasteiger partial charge in [-0.05, 0) is 72.3 Å². The van der Waals surface area contributed by atoms with Gasteiger partial charge < -0.3 is 26.6 Å². The van der Waals surface area contributed by atoms with Crippen LogP contribution < -0.4 is 16.4 Å². The number of phenols is 1. The van der Waals surface area contributed by atoms with Crippen molar-refractivity contribution in [2.75, 3.05) is 29.5 Å². The average molecular weight is 559 g/mol. The number of aromatic hydroxyl groups is 1. The molecule has 7 N–H and O–H groups in total. The highest BCUT2D eigenvalue weighted by Gasteiger charge is 2.19. The van der Waals surface area contributed by atoms with Crippen LogP contribution in [0.15, 0.2) is 51.5 Å². The number of benzene rings is 3. The molecule has 0 aliphatic rings.